The van der Waals surface area contributed by atoms with Gasteiger partial charge in [0.1, 0.15) is 5.41 Å². The number of benzene rings is 1. The molecule has 1 amide bonds. The normalized spacial score (nSPS) is 28.7. The van der Waals surface area contributed by atoms with Crippen molar-refractivity contribution in [3.8, 4) is 0 Å². The molecule has 26 heavy (non-hydrogen) atoms. The van der Waals surface area contributed by atoms with Gasteiger partial charge in [0.2, 0.25) is 5.91 Å². The second kappa shape index (κ2) is 7.51. The lowest BCUT2D eigenvalue weighted by molar-refractivity contribution is -0.146. The zero-order valence-electron chi connectivity index (χ0n) is 16.5. The van der Waals surface area contributed by atoms with Crippen LogP contribution in [0.1, 0.15) is 52.5 Å². The van der Waals surface area contributed by atoms with Gasteiger partial charge in [-0.2, -0.15) is 0 Å². The second-order valence-electron chi connectivity index (χ2n) is 8.60. The summed E-state index contributed by atoms with van der Waals surface area (Å²) in [4.78, 5) is 28.8. The van der Waals surface area contributed by atoms with Crippen molar-refractivity contribution in [1.29, 1.82) is 0 Å². The smallest absolute Gasteiger partial charge is 0.237 e. The van der Waals surface area contributed by atoms with Crippen molar-refractivity contribution in [3.63, 3.8) is 0 Å². The predicted molar refractivity (Wildman–Crippen MR) is 104 cm³/mol. The van der Waals surface area contributed by atoms with Crippen LogP contribution < -0.4 is 5.32 Å². The maximum atomic E-state index is 13.5. The first-order chi connectivity index (χ1) is 12.3. The number of carbonyl (C=O) groups excluding carboxylic acids is 2. The minimum atomic E-state index is -0.901. The Balaban J connectivity index is 1.96. The maximum absolute atomic E-state index is 13.5. The van der Waals surface area contributed by atoms with Crippen LogP contribution in [0.2, 0.25) is 0 Å². The SMILES string of the molecule is CC(C)N[C@H]1CCCN2C(=O)C(Cc3ccccc3)(C(=O)C(C)C)CC12. The third kappa shape index (κ3) is 3.44. The molecule has 4 heteroatoms. The van der Waals surface area contributed by atoms with Crippen molar-refractivity contribution in [2.24, 2.45) is 11.3 Å². The van der Waals surface area contributed by atoms with E-state index >= 15 is 0 Å². The molecule has 2 aliphatic rings. The number of amides is 1. The molecule has 2 fully saturated rings. The van der Waals surface area contributed by atoms with E-state index in [0.717, 1.165) is 24.9 Å². The fourth-order valence-corrected chi connectivity index (χ4v) is 4.84. The van der Waals surface area contributed by atoms with E-state index in [2.05, 4.69) is 19.2 Å². The van der Waals surface area contributed by atoms with Gasteiger partial charge in [-0.25, -0.2) is 0 Å². The maximum Gasteiger partial charge on any atom is 0.237 e. The predicted octanol–water partition coefficient (Wildman–Crippen LogP) is 3.20. The minimum Gasteiger partial charge on any atom is -0.337 e. The van der Waals surface area contributed by atoms with Crippen LogP contribution in [0.3, 0.4) is 0 Å². The van der Waals surface area contributed by atoms with Crippen molar-refractivity contribution >= 4 is 11.7 Å². The number of fused-ring (bicyclic) bond motifs is 1. The Hall–Kier alpha value is -1.68. The van der Waals surface area contributed by atoms with Crippen molar-refractivity contribution in [3.05, 3.63) is 35.9 Å². The summed E-state index contributed by atoms with van der Waals surface area (Å²) < 4.78 is 0. The zero-order chi connectivity index (χ0) is 18.9. The number of hydrogen-bond donors (Lipinski definition) is 1. The lowest BCUT2D eigenvalue weighted by Gasteiger charge is -2.38. The molecule has 1 N–H and O–H groups in total. The van der Waals surface area contributed by atoms with Gasteiger partial charge in [-0.05, 0) is 31.2 Å². The lowest BCUT2D eigenvalue weighted by Crippen LogP contribution is -2.53. The summed E-state index contributed by atoms with van der Waals surface area (Å²) in [7, 11) is 0. The van der Waals surface area contributed by atoms with Gasteiger partial charge in [0, 0.05) is 30.6 Å². The van der Waals surface area contributed by atoms with Crippen molar-refractivity contribution in [1.82, 2.24) is 10.2 Å². The van der Waals surface area contributed by atoms with E-state index < -0.39 is 5.41 Å². The quantitative estimate of drug-likeness (QED) is 0.796. The number of piperidine rings is 1. The average molecular weight is 357 g/mol. The molecule has 0 bridgehead atoms. The molecule has 2 saturated heterocycles. The number of nitrogens with zero attached hydrogens (tertiary/aromatic N) is 1. The standard InChI is InChI=1S/C22H32N2O2/c1-15(2)20(25)22(13-17-9-6-5-7-10-17)14-19-18(23-16(3)4)11-8-12-24(19)21(22)26/h5-7,9-10,15-16,18-19,23H,8,11-14H2,1-4H3/t18-,19?,22?/m0/s1. The molecule has 0 aromatic heterocycles. The highest BCUT2D eigenvalue weighted by Crippen LogP contribution is 2.45. The Morgan fingerprint density at radius 1 is 1.23 bits per heavy atom. The highest BCUT2D eigenvalue weighted by atomic mass is 16.2. The average Bonchev–Trinajstić information content (AvgIpc) is 2.89. The molecular formula is C22H32N2O2. The molecule has 0 saturated carbocycles. The van der Waals surface area contributed by atoms with Crippen molar-refractivity contribution in [2.75, 3.05) is 6.54 Å². The first kappa shape index (κ1) is 19.1. The monoisotopic (exact) mass is 356 g/mol. The van der Waals surface area contributed by atoms with Crippen LogP contribution in [-0.2, 0) is 16.0 Å². The number of nitrogens with one attached hydrogen (secondary N) is 1. The molecule has 4 nitrogen and oxygen atoms in total. The topological polar surface area (TPSA) is 49.4 Å². The largest absolute Gasteiger partial charge is 0.337 e. The number of Topliss-reactive ketones (excluding diaryl/α,β-unsaturated/α-hetero) is 1. The summed E-state index contributed by atoms with van der Waals surface area (Å²) in [5.74, 6) is 0.0184. The Morgan fingerprint density at radius 2 is 1.92 bits per heavy atom. The number of hydrogen-bond acceptors (Lipinski definition) is 3. The summed E-state index contributed by atoms with van der Waals surface area (Å²) >= 11 is 0. The molecule has 0 radical (unpaired) electrons. The fourth-order valence-electron chi connectivity index (χ4n) is 4.84. The molecule has 2 heterocycles. The van der Waals surface area contributed by atoms with E-state index in [9.17, 15) is 9.59 Å². The fraction of sp³-hybridized carbons (Fsp3) is 0.636. The molecule has 1 aromatic carbocycles. The van der Waals surface area contributed by atoms with Crippen LogP contribution in [0.4, 0.5) is 0 Å². The Morgan fingerprint density at radius 3 is 2.54 bits per heavy atom. The van der Waals surface area contributed by atoms with E-state index in [1.165, 1.54) is 0 Å². The third-order valence-corrected chi connectivity index (χ3v) is 5.90. The van der Waals surface area contributed by atoms with Gasteiger partial charge in [-0.3, -0.25) is 9.59 Å². The van der Waals surface area contributed by atoms with E-state index in [0.29, 0.717) is 18.9 Å². The highest BCUT2D eigenvalue weighted by Gasteiger charge is 2.58. The third-order valence-electron chi connectivity index (χ3n) is 5.90. The van der Waals surface area contributed by atoms with Gasteiger partial charge in [0.05, 0.1) is 0 Å². The summed E-state index contributed by atoms with van der Waals surface area (Å²) in [5.41, 5.74) is 0.171. The van der Waals surface area contributed by atoms with Crippen LogP contribution in [0.5, 0.6) is 0 Å². The Bertz CT molecular complexity index is 655. The van der Waals surface area contributed by atoms with Crippen LogP contribution in [0.15, 0.2) is 30.3 Å². The molecule has 2 unspecified atom stereocenters. The molecule has 2 aliphatic heterocycles. The molecular weight excluding hydrogens is 324 g/mol. The number of carbonyl (C=O) groups is 2. The van der Waals surface area contributed by atoms with E-state index in [-0.39, 0.29) is 29.7 Å². The number of ketones is 1. The Labute approximate surface area is 157 Å². The van der Waals surface area contributed by atoms with Gasteiger partial charge in [0.15, 0.2) is 5.78 Å². The molecule has 3 rings (SSSR count). The highest BCUT2D eigenvalue weighted by molar-refractivity contribution is 6.08. The Kier molecular flexibility index (Phi) is 5.52. The second-order valence-corrected chi connectivity index (χ2v) is 8.60. The first-order valence-electron chi connectivity index (χ1n) is 10.0. The van der Waals surface area contributed by atoms with Gasteiger partial charge in [-0.15, -0.1) is 0 Å². The summed E-state index contributed by atoms with van der Waals surface area (Å²) in [6, 6.07) is 10.8. The first-order valence-corrected chi connectivity index (χ1v) is 10.0. The van der Waals surface area contributed by atoms with E-state index in [1.807, 2.05) is 49.1 Å². The summed E-state index contributed by atoms with van der Waals surface area (Å²) in [6.45, 7) is 8.91. The lowest BCUT2D eigenvalue weighted by atomic mass is 9.71. The van der Waals surface area contributed by atoms with Gasteiger partial charge >= 0.3 is 0 Å². The van der Waals surface area contributed by atoms with Gasteiger partial charge in [0.25, 0.3) is 0 Å². The molecule has 1 aromatic rings. The minimum absolute atomic E-state index is 0.0558. The van der Waals surface area contributed by atoms with Crippen LogP contribution in [0.25, 0.3) is 0 Å². The van der Waals surface area contributed by atoms with Crippen molar-refractivity contribution in [2.45, 2.75) is 71.5 Å². The van der Waals surface area contributed by atoms with Crippen LogP contribution in [-0.4, -0.2) is 41.3 Å². The molecule has 0 aliphatic carbocycles. The molecule has 142 valence electrons. The number of rotatable bonds is 6. The van der Waals surface area contributed by atoms with E-state index in [4.69, 9.17) is 0 Å². The van der Waals surface area contributed by atoms with Gasteiger partial charge in [-0.1, -0.05) is 58.0 Å². The zero-order valence-corrected chi connectivity index (χ0v) is 16.5. The van der Waals surface area contributed by atoms with Crippen LogP contribution >= 0.6 is 0 Å². The van der Waals surface area contributed by atoms with Crippen molar-refractivity contribution < 1.29 is 9.59 Å². The van der Waals surface area contributed by atoms with Crippen LogP contribution in [0, 0.1) is 11.3 Å². The molecule has 0 spiro atoms. The van der Waals surface area contributed by atoms with Gasteiger partial charge < -0.3 is 10.2 Å². The summed E-state index contributed by atoms with van der Waals surface area (Å²) in [6.07, 6.45) is 3.24. The molecule has 3 atom stereocenters. The summed E-state index contributed by atoms with van der Waals surface area (Å²) in [5, 5.41) is 3.64. The van der Waals surface area contributed by atoms with E-state index in [1.54, 1.807) is 0 Å².